The van der Waals surface area contributed by atoms with Gasteiger partial charge in [0.15, 0.2) is 11.6 Å². The van der Waals surface area contributed by atoms with Gasteiger partial charge in [-0.3, -0.25) is 0 Å². The number of aryl methyl sites for hydroxylation is 3. The average Bonchev–Trinajstić information content (AvgIpc) is 2.76. The van der Waals surface area contributed by atoms with Gasteiger partial charge in [0.25, 0.3) is 0 Å². The molecule has 2 heterocycles. The van der Waals surface area contributed by atoms with Crippen LogP contribution in [0.3, 0.4) is 0 Å². The van der Waals surface area contributed by atoms with Crippen LogP contribution in [0.2, 0.25) is 0 Å². The summed E-state index contributed by atoms with van der Waals surface area (Å²) in [5, 5.41) is 11.8. The Balaban J connectivity index is 1.39. The topological polar surface area (TPSA) is 78.4 Å². The molecule has 1 aliphatic rings. The van der Waals surface area contributed by atoms with Gasteiger partial charge in [0.1, 0.15) is 0 Å². The van der Waals surface area contributed by atoms with E-state index in [1.54, 1.807) is 10.4 Å². The van der Waals surface area contributed by atoms with Crippen molar-refractivity contribution in [3.8, 4) is 0 Å². The highest BCUT2D eigenvalue weighted by Gasteiger charge is 2.30. The molecule has 0 saturated carbocycles. The smallest absolute Gasteiger partial charge is 0.243 e. The first-order valence-corrected chi connectivity index (χ1v) is 11.8. The van der Waals surface area contributed by atoms with E-state index in [0.29, 0.717) is 36.9 Å². The summed E-state index contributed by atoms with van der Waals surface area (Å²) in [5.41, 5.74) is 3.99. The molecule has 0 unspecified atom stereocenters. The Bertz CT molecular complexity index is 1150. The molecule has 0 spiro atoms. The molecule has 1 fully saturated rings. The quantitative estimate of drug-likeness (QED) is 0.656. The van der Waals surface area contributed by atoms with Crippen LogP contribution in [0.4, 0.5) is 17.3 Å². The molecule has 1 aliphatic heterocycles. The highest BCUT2D eigenvalue weighted by Crippen LogP contribution is 2.24. The van der Waals surface area contributed by atoms with E-state index in [9.17, 15) is 8.42 Å². The molecular weight excluding hydrogens is 410 g/mol. The average molecular weight is 438 g/mol. The number of hydrogen-bond acceptors (Lipinski definition) is 6. The largest absolute Gasteiger partial charge is 0.352 e. The van der Waals surface area contributed by atoms with Crippen LogP contribution in [-0.2, 0) is 10.0 Å². The molecule has 3 aromatic rings. The lowest BCUT2D eigenvalue weighted by atomic mass is 10.2. The molecule has 31 heavy (non-hydrogen) atoms. The van der Waals surface area contributed by atoms with E-state index in [0.717, 1.165) is 22.6 Å². The van der Waals surface area contributed by atoms with E-state index >= 15 is 0 Å². The molecule has 0 amide bonds. The van der Waals surface area contributed by atoms with E-state index < -0.39 is 10.0 Å². The number of anilines is 3. The Hall–Kier alpha value is -2.97. The van der Waals surface area contributed by atoms with E-state index in [2.05, 4.69) is 20.4 Å². The second-order valence-electron chi connectivity index (χ2n) is 7.93. The summed E-state index contributed by atoms with van der Waals surface area (Å²) in [4.78, 5) is 2.45. The minimum atomic E-state index is -3.50. The predicted octanol–water partition coefficient (Wildman–Crippen LogP) is 3.66. The number of nitrogens with one attached hydrogen (secondary N) is 1. The van der Waals surface area contributed by atoms with Crippen molar-refractivity contribution in [2.75, 3.05) is 36.4 Å². The zero-order valence-electron chi connectivity index (χ0n) is 18.0. The summed E-state index contributed by atoms with van der Waals surface area (Å²) in [6.07, 6.45) is 0. The number of aromatic nitrogens is 2. The van der Waals surface area contributed by atoms with Gasteiger partial charge in [0.05, 0.1) is 4.90 Å². The third kappa shape index (κ3) is 4.70. The van der Waals surface area contributed by atoms with Crippen LogP contribution in [0.25, 0.3) is 0 Å². The fourth-order valence-electron chi connectivity index (χ4n) is 3.73. The van der Waals surface area contributed by atoms with Gasteiger partial charge in [-0.25, -0.2) is 8.42 Å². The van der Waals surface area contributed by atoms with Crippen molar-refractivity contribution in [2.45, 2.75) is 25.7 Å². The lowest BCUT2D eigenvalue weighted by Gasteiger charge is -2.34. The molecule has 1 saturated heterocycles. The summed E-state index contributed by atoms with van der Waals surface area (Å²) in [7, 11) is -3.50. The third-order valence-corrected chi connectivity index (χ3v) is 7.54. The van der Waals surface area contributed by atoms with Crippen LogP contribution in [0.15, 0.2) is 59.5 Å². The maximum absolute atomic E-state index is 13.1. The summed E-state index contributed by atoms with van der Waals surface area (Å²) < 4.78 is 27.7. The first kappa shape index (κ1) is 21.3. The molecule has 2 aromatic carbocycles. The third-order valence-electron chi connectivity index (χ3n) is 5.49. The fraction of sp³-hybridized carbons (Fsp3) is 0.304. The van der Waals surface area contributed by atoms with Crippen molar-refractivity contribution in [3.63, 3.8) is 0 Å². The molecule has 1 aromatic heterocycles. The van der Waals surface area contributed by atoms with E-state index in [-0.39, 0.29) is 0 Å². The maximum Gasteiger partial charge on any atom is 0.243 e. The van der Waals surface area contributed by atoms with Crippen molar-refractivity contribution >= 4 is 27.3 Å². The highest BCUT2D eigenvalue weighted by molar-refractivity contribution is 7.89. The number of rotatable bonds is 5. The Morgan fingerprint density at radius 2 is 1.48 bits per heavy atom. The number of piperazine rings is 1. The zero-order valence-corrected chi connectivity index (χ0v) is 18.9. The van der Waals surface area contributed by atoms with Crippen LogP contribution < -0.4 is 10.2 Å². The number of sulfonamides is 1. The molecule has 4 rings (SSSR count). The maximum atomic E-state index is 13.1. The summed E-state index contributed by atoms with van der Waals surface area (Å²) in [6, 6.07) is 17.3. The van der Waals surface area contributed by atoms with Gasteiger partial charge < -0.3 is 10.2 Å². The van der Waals surface area contributed by atoms with E-state index in [4.69, 9.17) is 0 Å². The molecule has 0 aliphatic carbocycles. The van der Waals surface area contributed by atoms with Gasteiger partial charge >= 0.3 is 0 Å². The van der Waals surface area contributed by atoms with Crippen LogP contribution in [0.5, 0.6) is 0 Å². The van der Waals surface area contributed by atoms with Crippen LogP contribution in [-0.4, -0.2) is 49.1 Å². The molecule has 0 atom stereocenters. The summed E-state index contributed by atoms with van der Waals surface area (Å²) in [6.45, 7) is 7.84. The van der Waals surface area contributed by atoms with Gasteiger partial charge in [-0.15, -0.1) is 10.2 Å². The molecule has 1 N–H and O–H groups in total. The zero-order chi connectivity index (χ0) is 22.0. The van der Waals surface area contributed by atoms with Gasteiger partial charge in [0, 0.05) is 31.9 Å². The van der Waals surface area contributed by atoms with Crippen molar-refractivity contribution in [1.82, 2.24) is 14.5 Å². The van der Waals surface area contributed by atoms with Gasteiger partial charge in [-0.2, -0.15) is 4.31 Å². The second-order valence-corrected chi connectivity index (χ2v) is 9.83. The van der Waals surface area contributed by atoms with Crippen molar-refractivity contribution in [3.05, 3.63) is 71.3 Å². The van der Waals surface area contributed by atoms with Crippen LogP contribution in [0.1, 0.15) is 16.7 Å². The fourth-order valence-corrected chi connectivity index (χ4v) is 5.36. The van der Waals surface area contributed by atoms with Crippen LogP contribution in [0, 0.1) is 20.8 Å². The Morgan fingerprint density at radius 1 is 0.806 bits per heavy atom. The summed E-state index contributed by atoms with van der Waals surface area (Å²) >= 11 is 0. The Morgan fingerprint density at radius 3 is 2.10 bits per heavy atom. The van der Waals surface area contributed by atoms with Crippen molar-refractivity contribution < 1.29 is 8.42 Å². The van der Waals surface area contributed by atoms with Gasteiger partial charge in [-0.05, 0) is 56.7 Å². The molecule has 162 valence electrons. The molecule has 8 heteroatoms. The first-order valence-electron chi connectivity index (χ1n) is 10.3. The SMILES string of the molecule is Cc1ccc(Nc2ccc(N3CCN(S(=O)(=O)c4ccc(C)cc4C)CC3)nn2)cc1. The van der Waals surface area contributed by atoms with Gasteiger partial charge in [-0.1, -0.05) is 35.4 Å². The molecule has 0 bridgehead atoms. The minimum Gasteiger partial charge on any atom is -0.352 e. The predicted molar refractivity (Wildman–Crippen MR) is 123 cm³/mol. The highest BCUT2D eigenvalue weighted by atomic mass is 32.2. The monoisotopic (exact) mass is 437 g/mol. The lowest BCUT2D eigenvalue weighted by molar-refractivity contribution is 0.383. The van der Waals surface area contributed by atoms with E-state index in [1.165, 1.54) is 5.56 Å². The first-order chi connectivity index (χ1) is 14.8. The Labute approximate surface area is 183 Å². The van der Waals surface area contributed by atoms with Gasteiger partial charge in [0.2, 0.25) is 10.0 Å². The number of benzene rings is 2. The Kier molecular flexibility index (Phi) is 5.93. The number of hydrogen-bond donors (Lipinski definition) is 1. The normalized spacial score (nSPS) is 15.1. The number of nitrogens with zero attached hydrogens (tertiary/aromatic N) is 4. The van der Waals surface area contributed by atoms with Crippen molar-refractivity contribution in [1.29, 1.82) is 0 Å². The van der Waals surface area contributed by atoms with Crippen LogP contribution >= 0.6 is 0 Å². The lowest BCUT2D eigenvalue weighted by Crippen LogP contribution is -2.49. The molecule has 7 nitrogen and oxygen atoms in total. The van der Waals surface area contributed by atoms with E-state index in [1.807, 2.05) is 69.3 Å². The van der Waals surface area contributed by atoms with Crippen molar-refractivity contribution in [2.24, 2.45) is 0 Å². The second kappa shape index (κ2) is 8.64. The molecule has 0 radical (unpaired) electrons. The summed E-state index contributed by atoms with van der Waals surface area (Å²) in [5.74, 6) is 1.42. The molecular formula is C23H27N5O2S. The minimum absolute atomic E-state index is 0.387. The standard InChI is InChI=1S/C23H27N5O2S/c1-17-4-7-20(8-5-17)24-22-10-11-23(26-25-22)27-12-14-28(15-13-27)31(29,30)21-9-6-18(2)16-19(21)3/h4-11,16H,12-15H2,1-3H3,(H,24,25).